The molecule has 0 saturated carbocycles. The minimum Gasteiger partial charge on any atom is -0.390 e. The number of hydrogen-bond acceptors (Lipinski definition) is 5. The number of aliphatic hydroxyl groups excluding tert-OH is 1. The van der Waals surface area contributed by atoms with Crippen LogP contribution in [0.4, 0.5) is 0 Å². The molecule has 1 unspecified atom stereocenters. The first-order valence-electron chi connectivity index (χ1n) is 6.84. The molecule has 0 aliphatic carbocycles. The summed E-state index contributed by atoms with van der Waals surface area (Å²) in [5.41, 5.74) is 2.17. The first-order chi connectivity index (χ1) is 9.24. The fourth-order valence-corrected chi connectivity index (χ4v) is 2.13. The molecule has 0 amide bonds. The van der Waals surface area contributed by atoms with Crippen molar-refractivity contribution in [2.45, 2.75) is 19.6 Å². The van der Waals surface area contributed by atoms with Gasteiger partial charge in [0, 0.05) is 44.6 Å². The second-order valence-corrected chi connectivity index (χ2v) is 5.01. The van der Waals surface area contributed by atoms with Gasteiger partial charge in [-0.05, 0) is 18.6 Å². The van der Waals surface area contributed by atoms with E-state index in [1.54, 1.807) is 0 Å². The predicted molar refractivity (Wildman–Crippen MR) is 73.9 cm³/mol. The van der Waals surface area contributed by atoms with Gasteiger partial charge < -0.3 is 15.2 Å². The Bertz CT molecular complexity index is 363. The lowest BCUT2D eigenvalue weighted by Gasteiger charge is -2.28. The number of β-amino-alcohol motifs (C(OH)–C–C–N with tert-alkyl or cyclic N) is 1. The fraction of sp³-hybridized carbons (Fsp3) is 0.643. The number of aryl methyl sites for hydroxylation is 1. The molecule has 19 heavy (non-hydrogen) atoms. The number of pyridine rings is 1. The molecule has 0 bridgehead atoms. The minimum absolute atomic E-state index is 0.337. The molecule has 106 valence electrons. The van der Waals surface area contributed by atoms with Crippen LogP contribution >= 0.6 is 0 Å². The third-order valence-corrected chi connectivity index (χ3v) is 3.25. The molecule has 2 rings (SSSR count). The van der Waals surface area contributed by atoms with E-state index >= 15 is 0 Å². The molecule has 1 aromatic heterocycles. The van der Waals surface area contributed by atoms with E-state index in [1.165, 1.54) is 0 Å². The van der Waals surface area contributed by atoms with Crippen LogP contribution in [-0.4, -0.2) is 60.5 Å². The summed E-state index contributed by atoms with van der Waals surface area (Å²) in [4.78, 5) is 6.49. The third kappa shape index (κ3) is 5.24. The Kier molecular flexibility index (Phi) is 5.72. The zero-order valence-electron chi connectivity index (χ0n) is 11.5. The van der Waals surface area contributed by atoms with Crippen molar-refractivity contribution in [3.8, 4) is 0 Å². The number of aromatic nitrogens is 1. The van der Waals surface area contributed by atoms with Crippen molar-refractivity contribution in [3.63, 3.8) is 0 Å². The Labute approximate surface area is 114 Å². The number of rotatable bonds is 6. The van der Waals surface area contributed by atoms with E-state index in [9.17, 15) is 5.11 Å². The van der Waals surface area contributed by atoms with Crippen LogP contribution in [0.25, 0.3) is 0 Å². The Morgan fingerprint density at radius 1 is 1.42 bits per heavy atom. The van der Waals surface area contributed by atoms with Crippen molar-refractivity contribution in [1.82, 2.24) is 15.2 Å². The fourth-order valence-electron chi connectivity index (χ4n) is 2.13. The van der Waals surface area contributed by atoms with Crippen LogP contribution in [0, 0.1) is 6.92 Å². The zero-order chi connectivity index (χ0) is 13.5. The van der Waals surface area contributed by atoms with Gasteiger partial charge in [0.1, 0.15) is 0 Å². The van der Waals surface area contributed by atoms with Gasteiger partial charge in [-0.3, -0.25) is 9.88 Å². The van der Waals surface area contributed by atoms with Crippen molar-refractivity contribution in [1.29, 1.82) is 0 Å². The lowest BCUT2D eigenvalue weighted by Crippen LogP contribution is -2.43. The molecule has 2 heterocycles. The second-order valence-electron chi connectivity index (χ2n) is 5.01. The van der Waals surface area contributed by atoms with E-state index in [4.69, 9.17) is 4.74 Å². The molecular formula is C14H23N3O2. The summed E-state index contributed by atoms with van der Waals surface area (Å²) in [7, 11) is 0. The first kappa shape index (κ1) is 14.4. The summed E-state index contributed by atoms with van der Waals surface area (Å²) in [5, 5.41) is 13.2. The summed E-state index contributed by atoms with van der Waals surface area (Å²) in [6, 6.07) is 4.06. The second kappa shape index (κ2) is 7.55. The number of aliphatic hydroxyl groups is 1. The number of nitrogens with zero attached hydrogens (tertiary/aromatic N) is 2. The van der Waals surface area contributed by atoms with Gasteiger partial charge in [0.25, 0.3) is 0 Å². The average Bonchev–Trinajstić information content (AvgIpc) is 2.42. The summed E-state index contributed by atoms with van der Waals surface area (Å²) >= 11 is 0. The maximum Gasteiger partial charge on any atom is 0.0791 e. The molecule has 1 aromatic rings. The highest BCUT2D eigenvalue weighted by Gasteiger charge is 2.14. The Balaban J connectivity index is 1.63. The lowest BCUT2D eigenvalue weighted by atomic mass is 10.2. The number of ether oxygens (including phenoxy) is 1. The van der Waals surface area contributed by atoms with E-state index < -0.39 is 0 Å². The highest BCUT2D eigenvalue weighted by atomic mass is 16.5. The van der Waals surface area contributed by atoms with Crippen LogP contribution in [0.1, 0.15) is 11.3 Å². The molecule has 0 spiro atoms. The topological polar surface area (TPSA) is 57.6 Å². The van der Waals surface area contributed by atoms with Gasteiger partial charge in [0.05, 0.1) is 19.3 Å². The smallest absolute Gasteiger partial charge is 0.0791 e. The summed E-state index contributed by atoms with van der Waals surface area (Å²) in [6.45, 7) is 7.41. The summed E-state index contributed by atoms with van der Waals surface area (Å²) < 4.78 is 5.28. The van der Waals surface area contributed by atoms with Crippen molar-refractivity contribution in [2.24, 2.45) is 0 Å². The lowest BCUT2D eigenvalue weighted by molar-refractivity contribution is 0.0149. The standard InChI is InChI=1S/C14H23N3O2/c1-12-2-3-13(9-16-12)8-15-10-14(18)11-17-4-6-19-7-5-17/h2-3,9,14-15,18H,4-8,10-11H2,1H3. The van der Waals surface area contributed by atoms with E-state index in [-0.39, 0.29) is 6.10 Å². The van der Waals surface area contributed by atoms with E-state index in [1.807, 2.05) is 19.2 Å². The maximum atomic E-state index is 9.96. The Hall–Kier alpha value is -1.01. The summed E-state index contributed by atoms with van der Waals surface area (Å²) in [6.07, 6.45) is 1.54. The molecule has 1 atom stereocenters. The molecule has 5 nitrogen and oxygen atoms in total. The quantitative estimate of drug-likeness (QED) is 0.768. The van der Waals surface area contributed by atoms with E-state index in [0.717, 1.165) is 44.1 Å². The number of hydrogen-bond donors (Lipinski definition) is 2. The molecule has 1 fully saturated rings. The van der Waals surface area contributed by atoms with Crippen LogP contribution in [-0.2, 0) is 11.3 Å². The molecule has 1 aliphatic rings. The van der Waals surface area contributed by atoms with Crippen molar-refractivity contribution in [3.05, 3.63) is 29.6 Å². The average molecular weight is 265 g/mol. The molecule has 2 N–H and O–H groups in total. The van der Waals surface area contributed by atoms with Gasteiger partial charge in [0.2, 0.25) is 0 Å². The van der Waals surface area contributed by atoms with Gasteiger partial charge in [-0.15, -0.1) is 0 Å². The Morgan fingerprint density at radius 3 is 2.89 bits per heavy atom. The van der Waals surface area contributed by atoms with E-state index in [0.29, 0.717) is 13.1 Å². The zero-order valence-corrected chi connectivity index (χ0v) is 11.5. The first-order valence-corrected chi connectivity index (χ1v) is 6.84. The number of nitrogens with one attached hydrogen (secondary N) is 1. The third-order valence-electron chi connectivity index (χ3n) is 3.25. The van der Waals surface area contributed by atoms with Crippen molar-refractivity contribution < 1.29 is 9.84 Å². The van der Waals surface area contributed by atoms with Gasteiger partial charge in [-0.2, -0.15) is 0 Å². The highest BCUT2D eigenvalue weighted by molar-refractivity contribution is 5.12. The maximum absolute atomic E-state index is 9.96. The van der Waals surface area contributed by atoms with Crippen LogP contribution in [0.3, 0.4) is 0 Å². The summed E-state index contributed by atoms with van der Waals surface area (Å²) in [5.74, 6) is 0. The van der Waals surface area contributed by atoms with Gasteiger partial charge in [0.15, 0.2) is 0 Å². The largest absolute Gasteiger partial charge is 0.390 e. The molecule has 0 radical (unpaired) electrons. The monoisotopic (exact) mass is 265 g/mol. The Morgan fingerprint density at radius 2 is 2.21 bits per heavy atom. The normalized spacial score (nSPS) is 18.4. The molecule has 1 aliphatic heterocycles. The van der Waals surface area contributed by atoms with Gasteiger partial charge in [-0.25, -0.2) is 0 Å². The van der Waals surface area contributed by atoms with Gasteiger partial charge in [-0.1, -0.05) is 6.07 Å². The highest BCUT2D eigenvalue weighted by Crippen LogP contribution is 2.00. The SMILES string of the molecule is Cc1ccc(CNCC(O)CN2CCOCC2)cn1. The van der Waals surface area contributed by atoms with Crippen molar-refractivity contribution in [2.75, 3.05) is 39.4 Å². The predicted octanol–water partition coefficient (Wildman–Crippen LogP) is 0.173. The van der Waals surface area contributed by atoms with Gasteiger partial charge >= 0.3 is 0 Å². The minimum atomic E-state index is -0.337. The van der Waals surface area contributed by atoms with Crippen LogP contribution in [0.15, 0.2) is 18.3 Å². The van der Waals surface area contributed by atoms with Crippen LogP contribution in [0.5, 0.6) is 0 Å². The number of morpholine rings is 1. The molecule has 0 aromatic carbocycles. The van der Waals surface area contributed by atoms with Crippen LogP contribution in [0.2, 0.25) is 0 Å². The van der Waals surface area contributed by atoms with Crippen molar-refractivity contribution >= 4 is 0 Å². The molecule has 1 saturated heterocycles. The molecular weight excluding hydrogens is 242 g/mol. The van der Waals surface area contributed by atoms with E-state index in [2.05, 4.69) is 21.3 Å². The molecule has 5 heteroatoms. The van der Waals surface area contributed by atoms with Crippen LogP contribution < -0.4 is 5.32 Å².